The summed E-state index contributed by atoms with van der Waals surface area (Å²) in [6.07, 6.45) is 8.79. The molecule has 9 heteroatoms. The normalized spacial score (nSPS) is 15.9. The second kappa shape index (κ2) is 5.69. The van der Waals surface area contributed by atoms with E-state index in [2.05, 4.69) is 30.3 Å². The highest BCUT2D eigenvalue weighted by Gasteiger charge is 2.26. The molecule has 4 aromatic heterocycles. The van der Waals surface area contributed by atoms with Gasteiger partial charge in [0.15, 0.2) is 17.3 Å². The topological polar surface area (TPSA) is 90.2 Å². The molecule has 0 amide bonds. The molecule has 0 radical (unpaired) electrons. The molecule has 0 N–H and O–H groups in total. The predicted octanol–water partition coefficient (Wildman–Crippen LogP) is 1.68. The minimum atomic E-state index is 0.307. The van der Waals surface area contributed by atoms with Crippen LogP contribution in [0, 0.1) is 0 Å². The van der Waals surface area contributed by atoms with Gasteiger partial charge in [-0.3, -0.25) is 0 Å². The molecule has 5 heterocycles. The Balaban J connectivity index is 1.42. The predicted molar refractivity (Wildman–Crippen MR) is 88.6 cm³/mol. The fourth-order valence-electron chi connectivity index (χ4n) is 3.28. The minimum absolute atomic E-state index is 0.307. The standard InChI is InChI=1S/C16H16N8O/c1-6-18-23(8-1)14-3-2-13-19-20-15(24(13)21-14)12-4-9-22(10-5-12)16-17-7-11-25-16/h1-3,6-8,11-12H,4-5,9-10H2. The smallest absolute Gasteiger partial charge is 0.297 e. The number of oxazole rings is 1. The lowest BCUT2D eigenvalue weighted by Crippen LogP contribution is -2.33. The summed E-state index contributed by atoms with van der Waals surface area (Å²) in [4.78, 5) is 6.38. The highest BCUT2D eigenvalue weighted by Crippen LogP contribution is 2.29. The van der Waals surface area contributed by atoms with Crippen LogP contribution < -0.4 is 4.90 Å². The average molecular weight is 336 g/mol. The molecule has 0 aliphatic carbocycles. The van der Waals surface area contributed by atoms with Crippen LogP contribution in [0.4, 0.5) is 6.01 Å². The lowest BCUT2D eigenvalue weighted by Gasteiger charge is -2.29. The first kappa shape index (κ1) is 14.1. The van der Waals surface area contributed by atoms with Crippen LogP contribution >= 0.6 is 0 Å². The summed E-state index contributed by atoms with van der Waals surface area (Å²) in [6, 6.07) is 6.37. The average Bonchev–Trinajstić information content (AvgIpc) is 3.42. The van der Waals surface area contributed by atoms with Crippen molar-refractivity contribution in [2.75, 3.05) is 18.0 Å². The monoisotopic (exact) mass is 336 g/mol. The summed E-state index contributed by atoms with van der Waals surface area (Å²) in [6.45, 7) is 1.75. The lowest BCUT2D eigenvalue weighted by molar-refractivity contribution is 0.442. The number of hydrogen-bond acceptors (Lipinski definition) is 7. The highest BCUT2D eigenvalue weighted by atomic mass is 16.4. The van der Waals surface area contributed by atoms with Gasteiger partial charge in [-0.15, -0.1) is 15.3 Å². The van der Waals surface area contributed by atoms with E-state index in [1.165, 1.54) is 0 Å². The third-order valence-corrected chi connectivity index (χ3v) is 4.56. The van der Waals surface area contributed by atoms with Crippen LogP contribution in [-0.2, 0) is 0 Å². The first-order chi connectivity index (χ1) is 12.4. The molecule has 9 nitrogen and oxygen atoms in total. The van der Waals surface area contributed by atoms with E-state index in [1.54, 1.807) is 23.3 Å². The van der Waals surface area contributed by atoms with Gasteiger partial charge in [0.05, 0.1) is 6.20 Å². The zero-order valence-electron chi connectivity index (χ0n) is 13.4. The van der Waals surface area contributed by atoms with Crippen molar-refractivity contribution in [1.29, 1.82) is 0 Å². The summed E-state index contributed by atoms with van der Waals surface area (Å²) in [7, 11) is 0. The number of anilines is 1. The molecule has 1 aliphatic heterocycles. The van der Waals surface area contributed by atoms with Crippen LogP contribution in [0.25, 0.3) is 11.5 Å². The van der Waals surface area contributed by atoms with Gasteiger partial charge in [-0.05, 0) is 31.0 Å². The van der Waals surface area contributed by atoms with E-state index in [0.717, 1.165) is 43.2 Å². The number of hydrogen-bond donors (Lipinski definition) is 0. The molecule has 25 heavy (non-hydrogen) atoms. The molecule has 0 bridgehead atoms. The molecule has 0 unspecified atom stereocenters. The summed E-state index contributed by atoms with van der Waals surface area (Å²) in [5.41, 5.74) is 0.751. The van der Waals surface area contributed by atoms with Crippen LogP contribution in [0.3, 0.4) is 0 Å². The Bertz CT molecular complexity index is 967. The molecular weight excluding hydrogens is 320 g/mol. The van der Waals surface area contributed by atoms with Crippen molar-refractivity contribution < 1.29 is 4.42 Å². The summed E-state index contributed by atoms with van der Waals surface area (Å²) >= 11 is 0. The molecule has 1 fully saturated rings. The van der Waals surface area contributed by atoms with Gasteiger partial charge in [-0.1, -0.05) is 0 Å². The summed E-state index contributed by atoms with van der Waals surface area (Å²) < 4.78 is 8.95. The largest absolute Gasteiger partial charge is 0.432 e. The van der Waals surface area contributed by atoms with Gasteiger partial charge in [-0.25, -0.2) is 9.67 Å². The second-order valence-corrected chi connectivity index (χ2v) is 6.05. The Kier molecular flexibility index (Phi) is 3.22. The maximum Gasteiger partial charge on any atom is 0.297 e. The van der Waals surface area contributed by atoms with Gasteiger partial charge < -0.3 is 9.32 Å². The van der Waals surface area contributed by atoms with E-state index in [-0.39, 0.29) is 0 Å². The fraction of sp³-hybridized carbons (Fsp3) is 0.312. The van der Waals surface area contributed by atoms with Crippen molar-refractivity contribution in [3.8, 4) is 5.82 Å². The van der Waals surface area contributed by atoms with E-state index in [9.17, 15) is 0 Å². The Hall–Kier alpha value is -3.23. The molecule has 0 spiro atoms. The van der Waals surface area contributed by atoms with Crippen molar-refractivity contribution in [3.63, 3.8) is 0 Å². The van der Waals surface area contributed by atoms with Gasteiger partial charge >= 0.3 is 0 Å². The molecule has 0 aromatic carbocycles. The van der Waals surface area contributed by atoms with E-state index >= 15 is 0 Å². The Morgan fingerprint density at radius 2 is 2.00 bits per heavy atom. The van der Waals surface area contributed by atoms with Crippen LogP contribution in [0.1, 0.15) is 24.6 Å². The van der Waals surface area contributed by atoms with E-state index < -0.39 is 0 Å². The number of fused-ring (bicyclic) bond motifs is 1. The van der Waals surface area contributed by atoms with E-state index in [1.807, 2.05) is 28.9 Å². The van der Waals surface area contributed by atoms with Gasteiger partial charge in [-0.2, -0.15) is 9.61 Å². The number of piperidine rings is 1. The molecule has 126 valence electrons. The lowest BCUT2D eigenvalue weighted by atomic mass is 9.96. The molecule has 5 rings (SSSR count). The number of aromatic nitrogens is 7. The maximum absolute atomic E-state index is 5.39. The van der Waals surface area contributed by atoms with Crippen molar-refractivity contribution in [1.82, 2.24) is 34.6 Å². The Morgan fingerprint density at radius 3 is 2.76 bits per heavy atom. The first-order valence-electron chi connectivity index (χ1n) is 8.25. The summed E-state index contributed by atoms with van der Waals surface area (Å²) in [5, 5.41) is 17.6. The van der Waals surface area contributed by atoms with Crippen LogP contribution in [0.15, 0.2) is 47.5 Å². The third-order valence-electron chi connectivity index (χ3n) is 4.56. The highest BCUT2D eigenvalue weighted by molar-refractivity contribution is 5.40. The Morgan fingerprint density at radius 1 is 1.08 bits per heavy atom. The first-order valence-corrected chi connectivity index (χ1v) is 8.25. The van der Waals surface area contributed by atoms with Crippen molar-refractivity contribution in [3.05, 3.63) is 48.9 Å². The molecule has 0 atom stereocenters. The third kappa shape index (κ3) is 2.44. The second-order valence-electron chi connectivity index (χ2n) is 6.05. The van der Waals surface area contributed by atoms with E-state index in [4.69, 9.17) is 4.42 Å². The van der Waals surface area contributed by atoms with Crippen LogP contribution in [-0.4, -0.2) is 47.7 Å². The van der Waals surface area contributed by atoms with Crippen molar-refractivity contribution in [2.24, 2.45) is 0 Å². The Labute approximate surface area is 142 Å². The van der Waals surface area contributed by atoms with Gasteiger partial charge in [0, 0.05) is 31.4 Å². The number of nitrogens with zero attached hydrogens (tertiary/aromatic N) is 8. The zero-order chi connectivity index (χ0) is 16.6. The van der Waals surface area contributed by atoms with Crippen molar-refractivity contribution in [2.45, 2.75) is 18.8 Å². The molecule has 1 saturated heterocycles. The van der Waals surface area contributed by atoms with Crippen LogP contribution in [0.5, 0.6) is 0 Å². The summed E-state index contributed by atoms with van der Waals surface area (Å²) in [5.74, 6) is 1.95. The van der Waals surface area contributed by atoms with Gasteiger partial charge in [0.2, 0.25) is 0 Å². The SMILES string of the molecule is c1cnn(-c2ccc3nnc(C4CCN(c5ncco5)CC4)n3n2)c1. The molecule has 1 aliphatic rings. The molecule has 4 aromatic rings. The molecular formula is C16H16N8O. The quantitative estimate of drug-likeness (QED) is 0.562. The maximum atomic E-state index is 5.39. The minimum Gasteiger partial charge on any atom is -0.432 e. The fourth-order valence-corrected chi connectivity index (χ4v) is 3.28. The number of rotatable bonds is 3. The van der Waals surface area contributed by atoms with Gasteiger partial charge in [0.1, 0.15) is 6.26 Å². The zero-order valence-corrected chi connectivity index (χ0v) is 13.4. The van der Waals surface area contributed by atoms with Gasteiger partial charge in [0.25, 0.3) is 6.01 Å². The van der Waals surface area contributed by atoms with Crippen molar-refractivity contribution >= 4 is 11.7 Å². The van der Waals surface area contributed by atoms with E-state index in [0.29, 0.717) is 11.9 Å². The van der Waals surface area contributed by atoms with Crippen LogP contribution in [0.2, 0.25) is 0 Å². The molecule has 0 saturated carbocycles.